The van der Waals surface area contributed by atoms with E-state index in [0.29, 0.717) is 18.0 Å². The van der Waals surface area contributed by atoms with E-state index in [1.54, 1.807) is 36.0 Å². The van der Waals surface area contributed by atoms with Crippen LogP contribution in [0.2, 0.25) is 0 Å². The van der Waals surface area contributed by atoms with Gasteiger partial charge >= 0.3 is 5.97 Å². The molecule has 150 valence electrons. The van der Waals surface area contributed by atoms with Gasteiger partial charge in [-0.3, -0.25) is 9.59 Å². The van der Waals surface area contributed by atoms with Crippen molar-refractivity contribution in [1.82, 2.24) is 5.32 Å². The van der Waals surface area contributed by atoms with E-state index in [1.807, 2.05) is 36.4 Å². The first-order chi connectivity index (χ1) is 14.1. The third-order valence-electron chi connectivity index (χ3n) is 3.86. The second-order valence-electron chi connectivity index (χ2n) is 5.99. The molecular formula is C21H20N2O5S. The van der Waals surface area contributed by atoms with Gasteiger partial charge < -0.3 is 20.1 Å². The van der Waals surface area contributed by atoms with Gasteiger partial charge in [-0.2, -0.15) is 0 Å². The van der Waals surface area contributed by atoms with Crippen LogP contribution < -0.4 is 10.6 Å². The maximum Gasteiger partial charge on any atom is 0.347 e. The largest absolute Gasteiger partial charge is 0.470 e. The Morgan fingerprint density at radius 3 is 2.45 bits per heavy atom. The lowest BCUT2D eigenvalue weighted by Gasteiger charge is -2.09. The van der Waals surface area contributed by atoms with Crippen molar-refractivity contribution in [3.63, 3.8) is 0 Å². The van der Waals surface area contributed by atoms with Gasteiger partial charge in [-0.15, -0.1) is 11.8 Å². The molecule has 0 spiro atoms. The quantitative estimate of drug-likeness (QED) is 0.283. The van der Waals surface area contributed by atoms with Gasteiger partial charge in [0.1, 0.15) is 0 Å². The molecule has 2 aromatic carbocycles. The Hall–Kier alpha value is -3.26. The van der Waals surface area contributed by atoms with E-state index < -0.39 is 24.3 Å². The van der Waals surface area contributed by atoms with Crippen LogP contribution in [-0.2, 0) is 23.9 Å². The fraction of sp³-hybridized carbons (Fsp3) is 0.190. The molecule has 0 fully saturated rings. The standard InChI is InChI=1S/C21H20N2O5S/c24-17-13-27-20(23-15-7-3-1-4-8-15)19(17)21(26)28-14-18(25)22-11-12-29-16-9-5-2-6-10-16/h1-10,23H,11-14H2,(H,22,25). The molecule has 7 nitrogen and oxygen atoms in total. The number of thioether (sulfide) groups is 1. The zero-order valence-electron chi connectivity index (χ0n) is 15.6. The van der Waals surface area contributed by atoms with Gasteiger partial charge in [0.05, 0.1) is 0 Å². The van der Waals surface area contributed by atoms with Crippen molar-refractivity contribution in [1.29, 1.82) is 0 Å². The number of ether oxygens (including phenoxy) is 2. The van der Waals surface area contributed by atoms with Crippen LogP contribution in [0.3, 0.4) is 0 Å². The molecule has 0 saturated heterocycles. The van der Waals surface area contributed by atoms with Crippen molar-refractivity contribution in [2.24, 2.45) is 0 Å². The Morgan fingerprint density at radius 2 is 1.72 bits per heavy atom. The summed E-state index contributed by atoms with van der Waals surface area (Å²) >= 11 is 1.61. The number of anilines is 1. The molecule has 2 N–H and O–H groups in total. The molecule has 1 aliphatic rings. The van der Waals surface area contributed by atoms with E-state index in [9.17, 15) is 14.4 Å². The molecule has 0 atom stereocenters. The number of Topliss-reactive ketones (excluding diaryl/α,β-unsaturated/α-hetero) is 1. The van der Waals surface area contributed by atoms with Crippen LogP contribution in [0.15, 0.2) is 77.0 Å². The number of ketones is 1. The minimum Gasteiger partial charge on any atom is -0.470 e. The van der Waals surface area contributed by atoms with E-state index in [0.717, 1.165) is 4.90 Å². The molecule has 1 aliphatic heterocycles. The van der Waals surface area contributed by atoms with Crippen molar-refractivity contribution in [2.45, 2.75) is 4.90 Å². The number of rotatable bonds is 9. The second kappa shape index (κ2) is 10.3. The Balaban J connectivity index is 1.45. The van der Waals surface area contributed by atoms with Crippen LogP contribution in [0.5, 0.6) is 0 Å². The molecule has 0 radical (unpaired) electrons. The Morgan fingerprint density at radius 1 is 1.03 bits per heavy atom. The molecule has 0 bridgehead atoms. The van der Waals surface area contributed by atoms with E-state index in [4.69, 9.17) is 9.47 Å². The van der Waals surface area contributed by atoms with Gasteiger partial charge in [0.25, 0.3) is 5.91 Å². The lowest BCUT2D eigenvalue weighted by molar-refractivity contribution is -0.145. The summed E-state index contributed by atoms with van der Waals surface area (Å²) in [6, 6.07) is 18.8. The predicted molar refractivity (Wildman–Crippen MR) is 109 cm³/mol. The summed E-state index contributed by atoms with van der Waals surface area (Å²) in [6.45, 7) is -0.283. The minimum absolute atomic E-state index is 0.0332. The number of carbonyl (C=O) groups is 3. The highest BCUT2D eigenvalue weighted by Gasteiger charge is 2.32. The molecule has 8 heteroatoms. The predicted octanol–water partition coefficient (Wildman–Crippen LogP) is 2.36. The number of esters is 1. The van der Waals surface area contributed by atoms with Gasteiger partial charge in [0.15, 0.2) is 18.8 Å². The number of amides is 1. The Bertz CT molecular complexity index is 900. The molecule has 29 heavy (non-hydrogen) atoms. The van der Waals surface area contributed by atoms with Gasteiger partial charge in [0, 0.05) is 22.9 Å². The molecule has 0 unspecified atom stereocenters. The zero-order valence-corrected chi connectivity index (χ0v) is 16.4. The molecule has 3 rings (SSSR count). The summed E-state index contributed by atoms with van der Waals surface area (Å²) in [5, 5.41) is 5.56. The SMILES string of the molecule is O=C(COC(=O)C1=C(Nc2ccccc2)OCC1=O)NCCSc1ccccc1. The lowest BCUT2D eigenvalue weighted by Crippen LogP contribution is -2.31. The highest BCUT2D eigenvalue weighted by atomic mass is 32.2. The van der Waals surface area contributed by atoms with Gasteiger partial charge in [-0.05, 0) is 24.3 Å². The zero-order chi connectivity index (χ0) is 20.5. The van der Waals surface area contributed by atoms with Gasteiger partial charge in [-0.25, -0.2) is 4.79 Å². The van der Waals surface area contributed by atoms with Gasteiger partial charge in [-0.1, -0.05) is 36.4 Å². The molecule has 0 aliphatic carbocycles. The molecule has 0 saturated carbocycles. The maximum absolute atomic E-state index is 12.3. The summed E-state index contributed by atoms with van der Waals surface area (Å²) < 4.78 is 10.2. The average molecular weight is 412 g/mol. The number of nitrogens with one attached hydrogen (secondary N) is 2. The molecule has 1 amide bonds. The Kier molecular flexibility index (Phi) is 7.29. The number of para-hydroxylation sites is 1. The first-order valence-electron chi connectivity index (χ1n) is 8.97. The maximum atomic E-state index is 12.3. The molecular weight excluding hydrogens is 392 g/mol. The van der Waals surface area contributed by atoms with Crippen LogP contribution in [0.25, 0.3) is 0 Å². The van der Waals surface area contributed by atoms with Crippen molar-refractivity contribution in [3.8, 4) is 0 Å². The summed E-state index contributed by atoms with van der Waals surface area (Å²) in [5.74, 6) is -1.10. The monoisotopic (exact) mass is 412 g/mol. The van der Waals surface area contributed by atoms with E-state index in [1.165, 1.54) is 0 Å². The number of carbonyl (C=O) groups excluding carboxylic acids is 3. The molecule has 0 aromatic heterocycles. The number of benzene rings is 2. The fourth-order valence-electron chi connectivity index (χ4n) is 2.50. The Labute approximate surface area is 172 Å². The van der Waals surface area contributed by atoms with Crippen LogP contribution >= 0.6 is 11.8 Å². The van der Waals surface area contributed by atoms with Crippen LogP contribution in [0.1, 0.15) is 0 Å². The van der Waals surface area contributed by atoms with E-state index >= 15 is 0 Å². The van der Waals surface area contributed by atoms with E-state index in [-0.39, 0.29) is 18.1 Å². The smallest absolute Gasteiger partial charge is 0.347 e. The van der Waals surface area contributed by atoms with Crippen molar-refractivity contribution in [2.75, 3.05) is 30.8 Å². The summed E-state index contributed by atoms with van der Waals surface area (Å²) in [5.41, 5.74) is 0.442. The van der Waals surface area contributed by atoms with Crippen LogP contribution in [-0.4, -0.2) is 43.2 Å². The third kappa shape index (κ3) is 6.11. The topological polar surface area (TPSA) is 93.7 Å². The summed E-state index contributed by atoms with van der Waals surface area (Å²) in [6.07, 6.45) is 0. The lowest BCUT2D eigenvalue weighted by atomic mass is 10.2. The fourth-order valence-corrected chi connectivity index (χ4v) is 3.29. The van der Waals surface area contributed by atoms with Crippen molar-refractivity contribution >= 4 is 35.1 Å². The van der Waals surface area contributed by atoms with E-state index in [2.05, 4.69) is 10.6 Å². The third-order valence-corrected chi connectivity index (χ3v) is 4.87. The summed E-state index contributed by atoms with van der Waals surface area (Å²) in [4.78, 5) is 37.2. The summed E-state index contributed by atoms with van der Waals surface area (Å²) in [7, 11) is 0. The first-order valence-corrected chi connectivity index (χ1v) is 9.96. The number of hydrogen-bond acceptors (Lipinski definition) is 7. The molecule has 1 heterocycles. The van der Waals surface area contributed by atoms with Crippen molar-refractivity contribution < 1.29 is 23.9 Å². The second-order valence-corrected chi connectivity index (χ2v) is 7.16. The van der Waals surface area contributed by atoms with Crippen LogP contribution in [0.4, 0.5) is 5.69 Å². The minimum atomic E-state index is -0.889. The normalized spacial score (nSPS) is 13.0. The highest BCUT2D eigenvalue weighted by molar-refractivity contribution is 7.99. The van der Waals surface area contributed by atoms with Crippen molar-refractivity contribution in [3.05, 3.63) is 72.1 Å². The van der Waals surface area contributed by atoms with Gasteiger partial charge in [0.2, 0.25) is 11.7 Å². The average Bonchev–Trinajstić information content (AvgIpc) is 3.11. The molecule has 2 aromatic rings. The highest BCUT2D eigenvalue weighted by Crippen LogP contribution is 2.20. The number of hydrogen-bond donors (Lipinski definition) is 2. The first kappa shape index (κ1) is 20.5. The van der Waals surface area contributed by atoms with Crippen LogP contribution in [0, 0.1) is 0 Å².